The van der Waals surface area contributed by atoms with Gasteiger partial charge in [0.05, 0.1) is 18.2 Å². The summed E-state index contributed by atoms with van der Waals surface area (Å²) in [6.07, 6.45) is 7.86. The van der Waals surface area contributed by atoms with E-state index in [9.17, 15) is 9.65 Å². The number of ether oxygens (including phenoxy) is 1. The van der Waals surface area contributed by atoms with Gasteiger partial charge in [0.2, 0.25) is 0 Å². The molecule has 188 valence electrons. The molecule has 1 aliphatic heterocycles. The Morgan fingerprint density at radius 2 is 1.89 bits per heavy atom. The Bertz CT molecular complexity index is 1420. The maximum absolute atomic E-state index is 13.7. The molecule has 1 atom stereocenters. The van der Waals surface area contributed by atoms with Crippen molar-refractivity contribution in [2.24, 2.45) is 0 Å². The molecule has 5 heteroatoms. The molecule has 1 aromatic heterocycles. The third kappa shape index (κ3) is 5.22. The summed E-state index contributed by atoms with van der Waals surface area (Å²) in [5.41, 5.74) is 5.60. The van der Waals surface area contributed by atoms with Crippen molar-refractivity contribution in [3.05, 3.63) is 119 Å². The molecule has 0 bridgehead atoms. The van der Waals surface area contributed by atoms with Crippen molar-refractivity contribution in [1.82, 2.24) is 9.88 Å². The Morgan fingerprint density at radius 1 is 1.08 bits per heavy atom. The Kier molecular flexibility index (Phi) is 7.50. The maximum atomic E-state index is 13.7. The number of nitriles is 1. The SMILES string of the molecule is C=CCN(CCCc1c[nH]c2ccccc12)CCCC1(c2ccc(F)cc2)OCc2cc(C#N)ccc21. The lowest BCUT2D eigenvalue weighted by molar-refractivity contribution is -0.0144. The molecule has 0 fully saturated rings. The second-order valence-corrected chi connectivity index (χ2v) is 9.76. The van der Waals surface area contributed by atoms with Crippen molar-refractivity contribution < 1.29 is 9.13 Å². The molecule has 0 saturated carbocycles. The minimum absolute atomic E-state index is 0.260. The molecule has 0 spiro atoms. The number of aromatic amines is 1. The summed E-state index contributed by atoms with van der Waals surface area (Å²) in [7, 11) is 0. The van der Waals surface area contributed by atoms with E-state index in [4.69, 9.17) is 4.74 Å². The second-order valence-electron chi connectivity index (χ2n) is 9.76. The number of H-pyrrole nitrogens is 1. The van der Waals surface area contributed by atoms with E-state index in [-0.39, 0.29) is 5.82 Å². The fraction of sp³-hybridized carbons (Fsp3) is 0.281. The summed E-state index contributed by atoms with van der Waals surface area (Å²) in [6, 6.07) is 23.1. The van der Waals surface area contributed by atoms with Crippen LogP contribution in [0.5, 0.6) is 0 Å². The molecule has 0 amide bonds. The van der Waals surface area contributed by atoms with Gasteiger partial charge in [0.1, 0.15) is 11.4 Å². The molecule has 3 aromatic carbocycles. The maximum Gasteiger partial charge on any atom is 0.123 e. The molecule has 1 N–H and O–H groups in total. The van der Waals surface area contributed by atoms with Crippen LogP contribution in [0.2, 0.25) is 0 Å². The van der Waals surface area contributed by atoms with Gasteiger partial charge in [-0.3, -0.25) is 4.90 Å². The number of para-hydroxylation sites is 1. The van der Waals surface area contributed by atoms with Crippen molar-refractivity contribution in [2.75, 3.05) is 19.6 Å². The standard InChI is InChI=1S/C32H32FN3O/c1-2-17-36(18-5-7-25-22-35-31-9-4-3-8-29(25)31)19-6-16-32(27-11-13-28(33)14-12-27)30-15-10-24(21-34)20-26(30)23-37-32/h2-4,8-15,20,22,35H,1,5-7,16-19,23H2. The van der Waals surface area contributed by atoms with Gasteiger partial charge in [-0.25, -0.2) is 4.39 Å². The smallest absolute Gasteiger partial charge is 0.123 e. The first-order valence-corrected chi connectivity index (χ1v) is 12.9. The highest BCUT2D eigenvalue weighted by Gasteiger charge is 2.41. The van der Waals surface area contributed by atoms with E-state index < -0.39 is 5.60 Å². The van der Waals surface area contributed by atoms with Gasteiger partial charge >= 0.3 is 0 Å². The zero-order valence-corrected chi connectivity index (χ0v) is 21.1. The molecular weight excluding hydrogens is 461 g/mol. The third-order valence-electron chi connectivity index (χ3n) is 7.44. The second kappa shape index (κ2) is 11.1. The molecule has 1 unspecified atom stereocenters. The largest absolute Gasteiger partial charge is 0.361 e. The summed E-state index contributed by atoms with van der Waals surface area (Å²) < 4.78 is 20.2. The lowest BCUT2D eigenvalue weighted by Gasteiger charge is -2.32. The monoisotopic (exact) mass is 493 g/mol. The van der Waals surface area contributed by atoms with Crippen molar-refractivity contribution >= 4 is 10.9 Å². The average Bonchev–Trinajstić information content (AvgIpc) is 3.51. The minimum Gasteiger partial charge on any atom is -0.361 e. The summed E-state index contributed by atoms with van der Waals surface area (Å²) in [4.78, 5) is 5.81. The number of aromatic nitrogens is 1. The molecule has 4 nitrogen and oxygen atoms in total. The summed E-state index contributed by atoms with van der Waals surface area (Å²) >= 11 is 0. The Labute approximate surface area is 218 Å². The highest BCUT2D eigenvalue weighted by molar-refractivity contribution is 5.83. The average molecular weight is 494 g/mol. The van der Waals surface area contributed by atoms with Crippen LogP contribution < -0.4 is 0 Å². The first-order valence-electron chi connectivity index (χ1n) is 12.9. The van der Waals surface area contributed by atoms with E-state index >= 15 is 0 Å². The van der Waals surface area contributed by atoms with Crippen molar-refractivity contribution in [2.45, 2.75) is 37.9 Å². The van der Waals surface area contributed by atoms with Crippen molar-refractivity contribution in [3.8, 4) is 6.07 Å². The Morgan fingerprint density at radius 3 is 2.70 bits per heavy atom. The van der Waals surface area contributed by atoms with Crippen LogP contribution in [0.15, 0.2) is 85.6 Å². The first kappa shape index (κ1) is 25.0. The first-order chi connectivity index (χ1) is 18.1. The molecule has 4 aromatic rings. The van der Waals surface area contributed by atoms with E-state index in [1.807, 2.05) is 36.4 Å². The Balaban J connectivity index is 1.27. The summed E-state index contributed by atoms with van der Waals surface area (Å²) in [5.74, 6) is -0.260. The van der Waals surface area contributed by atoms with E-state index in [1.54, 1.807) is 0 Å². The van der Waals surface area contributed by atoms with Crippen LogP contribution in [-0.2, 0) is 23.4 Å². The molecule has 0 aliphatic carbocycles. The van der Waals surface area contributed by atoms with Gasteiger partial charge in [-0.05, 0) is 91.4 Å². The number of hydrogen-bond donors (Lipinski definition) is 1. The molecule has 1 aliphatic rings. The summed E-state index contributed by atoms with van der Waals surface area (Å²) in [6.45, 7) is 7.15. The van der Waals surface area contributed by atoms with Gasteiger partial charge < -0.3 is 9.72 Å². The van der Waals surface area contributed by atoms with Gasteiger partial charge in [-0.1, -0.05) is 42.5 Å². The lowest BCUT2D eigenvalue weighted by atomic mass is 9.81. The summed E-state index contributed by atoms with van der Waals surface area (Å²) in [5, 5.41) is 10.6. The Hall–Kier alpha value is -3.72. The zero-order valence-electron chi connectivity index (χ0n) is 21.1. The predicted molar refractivity (Wildman–Crippen MR) is 146 cm³/mol. The molecule has 0 radical (unpaired) electrons. The molecule has 0 saturated heterocycles. The number of aryl methyl sites for hydroxylation is 1. The fourth-order valence-electron chi connectivity index (χ4n) is 5.62. The molecule has 5 rings (SSSR count). The number of fused-ring (bicyclic) bond motifs is 2. The topological polar surface area (TPSA) is 52.0 Å². The van der Waals surface area contributed by atoms with Crippen LogP contribution in [-0.4, -0.2) is 29.5 Å². The van der Waals surface area contributed by atoms with E-state index in [0.29, 0.717) is 12.2 Å². The lowest BCUT2D eigenvalue weighted by Crippen LogP contribution is -2.31. The molecule has 37 heavy (non-hydrogen) atoms. The van der Waals surface area contributed by atoms with Gasteiger partial charge in [-0.2, -0.15) is 5.26 Å². The fourth-order valence-corrected chi connectivity index (χ4v) is 5.62. The van der Waals surface area contributed by atoms with Gasteiger partial charge in [0.25, 0.3) is 0 Å². The zero-order chi connectivity index (χ0) is 25.7. The number of nitrogens with zero attached hydrogens (tertiary/aromatic N) is 2. The number of nitrogens with one attached hydrogen (secondary N) is 1. The van der Waals surface area contributed by atoms with Gasteiger partial charge in [-0.15, -0.1) is 6.58 Å². The van der Waals surface area contributed by atoms with Crippen LogP contribution in [0.3, 0.4) is 0 Å². The molecule has 2 heterocycles. The van der Waals surface area contributed by atoms with Crippen LogP contribution in [0, 0.1) is 17.1 Å². The highest BCUT2D eigenvalue weighted by Crippen LogP contribution is 2.45. The van der Waals surface area contributed by atoms with E-state index in [2.05, 4.69) is 53.0 Å². The third-order valence-corrected chi connectivity index (χ3v) is 7.44. The van der Waals surface area contributed by atoms with Crippen LogP contribution in [0.4, 0.5) is 4.39 Å². The highest BCUT2D eigenvalue weighted by atomic mass is 19.1. The molecular formula is C32H32FN3O. The van der Waals surface area contributed by atoms with Gasteiger partial charge in [0.15, 0.2) is 0 Å². The normalized spacial score (nSPS) is 16.7. The number of hydrogen-bond acceptors (Lipinski definition) is 3. The predicted octanol–water partition coefficient (Wildman–Crippen LogP) is 6.85. The van der Waals surface area contributed by atoms with E-state index in [0.717, 1.165) is 62.0 Å². The van der Waals surface area contributed by atoms with Gasteiger partial charge in [0, 0.05) is 23.6 Å². The van der Waals surface area contributed by atoms with Crippen molar-refractivity contribution in [1.29, 1.82) is 5.26 Å². The van der Waals surface area contributed by atoms with Crippen LogP contribution in [0.25, 0.3) is 10.9 Å². The number of benzene rings is 3. The van der Waals surface area contributed by atoms with E-state index in [1.165, 1.54) is 28.6 Å². The van der Waals surface area contributed by atoms with Crippen LogP contribution in [0.1, 0.15) is 47.1 Å². The minimum atomic E-state index is -0.638. The van der Waals surface area contributed by atoms with Crippen LogP contribution >= 0.6 is 0 Å². The van der Waals surface area contributed by atoms with Crippen molar-refractivity contribution in [3.63, 3.8) is 0 Å². The number of rotatable bonds is 11. The number of halogens is 1. The quantitative estimate of drug-likeness (QED) is 0.232.